The quantitative estimate of drug-likeness (QED) is 0.558. The molecule has 106 valence electrons. The molecule has 2 saturated carbocycles. The first kappa shape index (κ1) is 12.3. The number of allylic oxidation sites excluding steroid dienone is 2. The number of hydrogen-bond acceptors (Lipinski definition) is 5. The van der Waals surface area contributed by atoms with Gasteiger partial charge in [0.25, 0.3) is 10.1 Å². The van der Waals surface area contributed by atoms with E-state index in [1.807, 2.05) is 0 Å². The second kappa shape index (κ2) is 3.81. The number of rotatable bonds is 2. The lowest BCUT2D eigenvalue weighted by Gasteiger charge is -2.32. The van der Waals surface area contributed by atoms with Crippen LogP contribution in [0.15, 0.2) is 12.2 Å². The van der Waals surface area contributed by atoms with Gasteiger partial charge in [0.1, 0.15) is 0 Å². The van der Waals surface area contributed by atoms with Crippen molar-refractivity contribution in [2.24, 2.45) is 23.7 Å². The van der Waals surface area contributed by atoms with E-state index in [1.165, 1.54) is 0 Å². The normalized spacial score (nSPS) is 46.3. The van der Waals surface area contributed by atoms with E-state index in [0.29, 0.717) is 31.0 Å². The van der Waals surface area contributed by atoms with Gasteiger partial charge < -0.3 is 9.47 Å². The highest BCUT2D eigenvalue weighted by Crippen LogP contribution is 2.62. The molecule has 4 aliphatic rings. The van der Waals surface area contributed by atoms with Gasteiger partial charge in [0.2, 0.25) is 0 Å². The van der Waals surface area contributed by atoms with Crippen LogP contribution < -0.4 is 0 Å². The largest absolute Gasteiger partial charge is 0.347 e. The Morgan fingerprint density at radius 2 is 1.89 bits per heavy atom. The molecule has 0 radical (unpaired) electrons. The van der Waals surface area contributed by atoms with Crippen molar-refractivity contribution in [3.63, 3.8) is 0 Å². The van der Waals surface area contributed by atoms with Crippen LogP contribution in [0.2, 0.25) is 0 Å². The van der Waals surface area contributed by atoms with Crippen LogP contribution in [0, 0.1) is 23.7 Å². The van der Waals surface area contributed by atoms with Gasteiger partial charge in [-0.15, -0.1) is 0 Å². The van der Waals surface area contributed by atoms with Crippen LogP contribution >= 0.6 is 0 Å². The molecule has 0 bridgehead atoms. The van der Waals surface area contributed by atoms with E-state index in [1.54, 1.807) is 0 Å². The Bertz CT molecular complexity index is 519. The third-order valence-electron chi connectivity index (χ3n) is 5.02. The van der Waals surface area contributed by atoms with Gasteiger partial charge in [-0.05, 0) is 24.2 Å². The van der Waals surface area contributed by atoms with Gasteiger partial charge in [0.05, 0.1) is 25.6 Å². The summed E-state index contributed by atoms with van der Waals surface area (Å²) in [6.07, 6.45) is 6.86. The summed E-state index contributed by atoms with van der Waals surface area (Å²) in [6, 6.07) is 0. The molecule has 0 N–H and O–H groups in total. The monoisotopic (exact) mass is 286 g/mol. The third-order valence-corrected chi connectivity index (χ3v) is 5.61. The molecule has 6 heteroatoms. The first-order valence-electron chi connectivity index (χ1n) is 6.83. The molecule has 5 unspecified atom stereocenters. The minimum absolute atomic E-state index is 0.0368. The smallest absolute Gasteiger partial charge is 0.264 e. The fraction of sp³-hybridized carbons (Fsp3) is 0.846. The lowest BCUT2D eigenvalue weighted by molar-refractivity contribution is -0.198. The molecular weight excluding hydrogens is 268 g/mol. The van der Waals surface area contributed by atoms with Crippen molar-refractivity contribution in [2.75, 3.05) is 19.5 Å². The summed E-state index contributed by atoms with van der Waals surface area (Å²) in [5.74, 6) is 0.708. The molecule has 5 atom stereocenters. The Morgan fingerprint density at radius 3 is 2.58 bits per heavy atom. The lowest BCUT2D eigenvalue weighted by Crippen LogP contribution is -2.42. The van der Waals surface area contributed by atoms with Crippen LogP contribution in [-0.4, -0.2) is 39.8 Å². The summed E-state index contributed by atoms with van der Waals surface area (Å²) in [5.41, 5.74) is 0. The SMILES string of the molecule is CS(=O)(=O)OC1CC2C=CC3CC4(OCCO4)C1C23. The molecule has 4 rings (SSSR count). The number of hydrogen-bond donors (Lipinski definition) is 0. The minimum atomic E-state index is -3.44. The summed E-state index contributed by atoms with van der Waals surface area (Å²) < 4.78 is 40.0. The van der Waals surface area contributed by atoms with Crippen molar-refractivity contribution < 1.29 is 22.1 Å². The molecule has 1 spiro atoms. The second-order valence-corrected chi connectivity index (χ2v) is 7.70. The second-order valence-electron chi connectivity index (χ2n) is 6.10. The first-order chi connectivity index (χ1) is 8.99. The molecular formula is C13H18O5S. The van der Waals surface area contributed by atoms with Crippen molar-refractivity contribution in [1.82, 2.24) is 0 Å². The Kier molecular flexibility index (Phi) is 2.47. The van der Waals surface area contributed by atoms with Crippen molar-refractivity contribution in [2.45, 2.75) is 24.7 Å². The van der Waals surface area contributed by atoms with E-state index in [2.05, 4.69) is 12.2 Å². The van der Waals surface area contributed by atoms with Gasteiger partial charge in [-0.2, -0.15) is 8.42 Å². The maximum absolute atomic E-state index is 11.5. The molecule has 0 amide bonds. The Morgan fingerprint density at radius 1 is 1.21 bits per heavy atom. The van der Waals surface area contributed by atoms with Crippen LogP contribution in [0.25, 0.3) is 0 Å². The first-order valence-corrected chi connectivity index (χ1v) is 8.65. The summed E-state index contributed by atoms with van der Waals surface area (Å²) >= 11 is 0. The lowest BCUT2D eigenvalue weighted by atomic mass is 9.90. The molecule has 0 aromatic rings. The highest BCUT2D eigenvalue weighted by molar-refractivity contribution is 7.86. The average Bonchev–Trinajstić information content (AvgIpc) is 2.97. The van der Waals surface area contributed by atoms with Crippen LogP contribution in [0.3, 0.4) is 0 Å². The molecule has 0 aromatic heterocycles. The van der Waals surface area contributed by atoms with E-state index in [4.69, 9.17) is 13.7 Å². The van der Waals surface area contributed by atoms with E-state index < -0.39 is 15.9 Å². The van der Waals surface area contributed by atoms with Crippen molar-refractivity contribution in [3.05, 3.63) is 12.2 Å². The van der Waals surface area contributed by atoms with Gasteiger partial charge in [-0.25, -0.2) is 0 Å². The molecule has 1 aliphatic heterocycles. The van der Waals surface area contributed by atoms with E-state index in [0.717, 1.165) is 19.1 Å². The summed E-state index contributed by atoms with van der Waals surface area (Å²) in [4.78, 5) is 0. The minimum Gasteiger partial charge on any atom is -0.347 e. The van der Waals surface area contributed by atoms with Crippen molar-refractivity contribution in [3.8, 4) is 0 Å². The Hall–Kier alpha value is -0.430. The molecule has 1 saturated heterocycles. The highest BCUT2D eigenvalue weighted by Gasteiger charge is 2.66. The molecule has 5 nitrogen and oxygen atoms in total. The van der Waals surface area contributed by atoms with Crippen molar-refractivity contribution in [1.29, 1.82) is 0 Å². The van der Waals surface area contributed by atoms with E-state index in [9.17, 15) is 8.42 Å². The molecule has 19 heavy (non-hydrogen) atoms. The number of ether oxygens (including phenoxy) is 2. The van der Waals surface area contributed by atoms with Gasteiger partial charge in [-0.3, -0.25) is 4.18 Å². The van der Waals surface area contributed by atoms with E-state index in [-0.39, 0.29) is 12.0 Å². The fourth-order valence-corrected chi connectivity index (χ4v) is 5.29. The summed E-state index contributed by atoms with van der Waals surface area (Å²) in [6.45, 7) is 1.19. The fourth-order valence-electron chi connectivity index (χ4n) is 4.64. The van der Waals surface area contributed by atoms with Gasteiger partial charge in [0, 0.05) is 12.3 Å². The average molecular weight is 286 g/mol. The zero-order chi connectivity index (χ0) is 13.3. The maximum Gasteiger partial charge on any atom is 0.264 e. The topological polar surface area (TPSA) is 61.8 Å². The summed E-state index contributed by atoms with van der Waals surface area (Å²) in [5, 5.41) is 0. The predicted octanol–water partition coefficient (Wildman–Crippen LogP) is 0.916. The van der Waals surface area contributed by atoms with Crippen LogP contribution in [0.4, 0.5) is 0 Å². The maximum atomic E-state index is 11.5. The molecule has 0 aromatic carbocycles. The molecule has 3 aliphatic carbocycles. The highest BCUT2D eigenvalue weighted by atomic mass is 32.2. The van der Waals surface area contributed by atoms with Crippen LogP contribution in [-0.2, 0) is 23.8 Å². The predicted molar refractivity (Wildman–Crippen MR) is 66.7 cm³/mol. The Labute approximate surface area is 113 Å². The van der Waals surface area contributed by atoms with Gasteiger partial charge in [-0.1, -0.05) is 12.2 Å². The molecule has 3 fully saturated rings. The zero-order valence-electron chi connectivity index (χ0n) is 10.8. The van der Waals surface area contributed by atoms with Gasteiger partial charge in [0.15, 0.2) is 5.79 Å². The van der Waals surface area contributed by atoms with Crippen LogP contribution in [0.1, 0.15) is 12.8 Å². The zero-order valence-corrected chi connectivity index (χ0v) is 11.6. The molecule has 1 heterocycles. The third kappa shape index (κ3) is 1.73. The Balaban J connectivity index is 1.70. The van der Waals surface area contributed by atoms with Crippen LogP contribution in [0.5, 0.6) is 0 Å². The van der Waals surface area contributed by atoms with Crippen molar-refractivity contribution >= 4 is 10.1 Å². The standard InChI is InChI=1S/C13H18O5S/c1-19(14,15)18-10-6-8-2-3-9-7-13(12(10)11(8)9)16-4-5-17-13/h2-3,8-12H,4-7H2,1H3. The van der Waals surface area contributed by atoms with Gasteiger partial charge >= 0.3 is 0 Å². The summed E-state index contributed by atoms with van der Waals surface area (Å²) in [7, 11) is -3.44. The van der Waals surface area contributed by atoms with E-state index >= 15 is 0 Å². The number of fused-ring (bicyclic) bond motifs is 1.